The smallest absolute Gasteiger partial charge is 0.374 e. The molecule has 8 heteroatoms. The van der Waals surface area contributed by atoms with Gasteiger partial charge in [0.1, 0.15) is 0 Å². The molecule has 2 radical (unpaired) electrons. The minimum Gasteiger partial charge on any atom is -0.565 e. The van der Waals surface area contributed by atoms with Gasteiger partial charge >= 0.3 is 8.05 Å². The van der Waals surface area contributed by atoms with Gasteiger partial charge in [-0.2, -0.15) is 0 Å². The van der Waals surface area contributed by atoms with Crippen LogP contribution in [0, 0.1) is 6.92 Å². The number of hydrogen-bond acceptors (Lipinski definition) is 7. The molecule has 1 aromatic rings. The second kappa shape index (κ2) is 4.24. The van der Waals surface area contributed by atoms with Gasteiger partial charge in [-0.25, -0.2) is 0 Å². The highest BCUT2D eigenvalue weighted by molar-refractivity contribution is 6.00. The second-order valence-corrected chi connectivity index (χ2v) is 3.05. The predicted octanol–water partition coefficient (Wildman–Crippen LogP) is -3.51. The van der Waals surface area contributed by atoms with Gasteiger partial charge < -0.3 is 4.65 Å². The van der Waals surface area contributed by atoms with E-state index >= 15 is 0 Å². The zero-order chi connectivity index (χ0) is 13.3. The molecule has 1 aromatic carbocycles. The van der Waals surface area contributed by atoms with E-state index in [1.165, 1.54) is 0 Å². The van der Waals surface area contributed by atoms with Gasteiger partial charge in [-0.1, -0.05) is 0 Å². The Kier molecular flexibility index (Phi) is 3.17. The van der Waals surface area contributed by atoms with Gasteiger partial charge in [-0.15, -0.1) is 0 Å². The van der Waals surface area contributed by atoms with Crippen LogP contribution in [0.25, 0.3) is 0 Å². The second-order valence-electron chi connectivity index (χ2n) is 3.05. The molecule has 84 valence electrons. The molecule has 0 amide bonds. The third kappa shape index (κ3) is 1.84. The highest BCUT2D eigenvalue weighted by Crippen LogP contribution is 2.00. The van der Waals surface area contributed by atoms with Crippen LogP contribution in [0.3, 0.4) is 0 Å². The summed E-state index contributed by atoms with van der Waals surface area (Å²) in [6.45, 7) is 0.969. The first-order valence-electron chi connectivity index (χ1n) is 4.16. The van der Waals surface area contributed by atoms with Crippen molar-refractivity contribution in [2.75, 3.05) is 0 Å². The van der Waals surface area contributed by atoms with Gasteiger partial charge in [0.25, 0.3) is 27.1 Å². The molecule has 0 N–H and O–H groups in total. The molecule has 1 rings (SSSR count). The first-order valence-corrected chi connectivity index (χ1v) is 4.16. The fraction of sp³-hybridized carbons (Fsp3) is 0.111. The lowest BCUT2D eigenvalue weighted by Gasteiger charge is -1.97. The Balaban J connectivity index is 4.48. The SMILES string of the molecule is [B]Oc1c(C)c(=O)c(=O)c(=O)c(=O)c(=O)c1=O. The summed E-state index contributed by atoms with van der Waals surface area (Å²) < 4.78 is 4.00. The summed E-state index contributed by atoms with van der Waals surface area (Å²) in [5, 5.41) is 0. The van der Waals surface area contributed by atoms with Gasteiger partial charge in [0.05, 0.1) is 0 Å². The van der Waals surface area contributed by atoms with Crippen molar-refractivity contribution in [3.63, 3.8) is 0 Å². The summed E-state index contributed by atoms with van der Waals surface area (Å²) in [6.07, 6.45) is 0. The molecule has 0 aliphatic heterocycles. The summed E-state index contributed by atoms with van der Waals surface area (Å²) in [5.74, 6) is -0.922. The minimum absolute atomic E-state index is 0.600. The van der Waals surface area contributed by atoms with Crippen molar-refractivity contribution >= 4 is 8.05 Å². The highest BCUT2D eigenvalue weighted by atomic mass is 16.4. The number of hydrogen-bond donors (Lipinski definition) is 0. The topological polar surface area (TPSA) is 112 Å². The molecule has 0 spiro atoms. The standard InChI is InChI=1S/C9H3BO7/c1-2-3(11)4(12)5(13)6(14)7(15)8(16)9(2)17-10/h1H3. The van der Waals surface area contributed by atoms with Crippen LogP contribution in [0.1, 0.15) is 5.56 Å². The molecule has 0 aliphatic rings. The van der Waals surface area contributed by atoms with Crippen molar-refractivity contribution in [3.05, 3.63) is 66.9 Å². The molecule has 0 atom stereocenters. The van der Waals surface area contributed by atoms with Crippen molar-refractivity contribution in [1.82, 2.24) is 0 Å². The van der Waals surface area contributed by atoms with E-state index in [9.17, 15) is 28.8 Å². The van der Waals surface area contributed by atoms with E-state index in [2.05, 4.69) is 12.7 Å². The molecule has 0 saturated carbocycles. The lowest BCUT2D eigenvalue weighted by molar-refractivity contribution is 0.602. The maximum absolute atomic E-state index is 11.3. The normalized spacial score (nSPS) is 9.94. The third-order valence-corrected chi connectivity index (χ3v) is 2.04. The summed E-state index contributed by atoms with van der Waals surface area (Å²) in [4.78, 5) is 66.9. The molecule has 0 unspecified atom stereocenters. The average Bonchev–Trinajstić information content (AvgIpc) is 2.33. The van der Waals surface area contributed by atoms with E-state index in [4.69, 9.17) is 0 Å². The molecule has 7 nitrogen and oxygen atoms in total. The molecule has 0 fully saturated rings. The Labute approximate surface area is 93.1 Å². The van der Waals surface area contributed by atoms with Crippen molar-refractivity contribution in [2.24, 2.45) is 0 Å². The molecule has 0 aromatic heterocycles. The zero-order valence-corrected chi connectivity index (χ0v) is 8.44. The zero-order valence-electron chi connectivity index (χ0n) is 8.44. The van der Waals surface area contributed by atoms with Crippen LogP contribution >= 0.6 is 0 Å². The molecule has 0 bridgehead atoms. The first-order chi connectivity index (χ1) is 7.82. The van der Waals surface area contributed by atoms with E-state index in [0.717, 1.165) is 6.92 Å². The Morgan fingerprint density at radius 1 is 0.706 bits per heavy atom. The fourth-order valence-electron chi connectivity index (χ4n) is 1.10. The quantitative estimate of drug-likeness (QED) is 0.365. The summed E-state index contributed by atoms with van der Waals surface area (Å²) in [7, 11) is 4.66. The Morgan fingerprint density at radius 2 is 1.06 bits per heavy atom. The van der Waals surface area contributed by atoms with Crippen LogP contribution < -0.4 is 37.2 Å². The van der Waals surface area contributed by atoms with Crippen molar-refractivity contribution in [3.8, 4) is 5.75 Å². The van der Waals surface area contributed by atoms with E-state index in [0.29, 0.717) is 0 Å². The summed E-state index contributed by atoms with van der Waals surface area (Å²) in [6, 6.07) is 0. The van der Waals surface area contributed by atoms with E-state index in [1.54, 1.807) is 0 Å². The average molecular weight is 234 g/mol. The van der Waals surface area contributed by atoms with Crippen molar-refractivity contribution in [1.29, 1.82) is 0 Å². The van der Waals surface area contributed by atoms with Crippen LogP contribution in [-0.4, -0.2) is 8.05 Å². The Morgan fingerprint density at radius 3 is 1.47 bits per heavy atom. The van der Waals surface area contributed by atoms with Gasteiger partial charge in [-0.3, -0.25) is 28.8 Å². The first kappa shape index (κ1) is 12.7. The van der Waals surface area contributed by atoms with Crippen LogP contribution in [0.15, 0.2) is 28.8 Å². The largest absolute Gasteiger partial charge is 0.565 e. The van der Waals surface area contributed by atoms with E-state index in [1.807, 2.05) is 0 Å². The van der Waals surface area contributed by atoms with Gasteiger partial charge in [0.15, 0.2) is 5.75 Å². The van der Waals surface area contributed by atoms with E-state index in [-0.39, 0.29) is 0 Å². The van der Waals surface area contributed by atoms with Gasteiger partial charge in [0.2, 0.25) is 5.43 Å². The van der Waals surface area contributed by atoms with Crippen LogP contribution in [-0.2, 0) is 0 Å². The Hall–Kier alpha value is -2.38. The fourth-order valence-corrected chi connectivity index (χ4v) is 1.10. The Bertz CT molecular complexity index is 802. The van der Waals surface area contributed by atoms with Crippen molar-refractivity contribution < 1.29 is 4.65 Å². The monoisotopic (exact) mass is 234 g/mol. The summed E-state index contributed by atoms with van der Waals surface area (Å²) >= 11 is 0. The molecule has 0 heterocycles. The molecular formula is C9H3BO7. The van der Waals surface area contributed by atoms with Crippen LogP contribution in [0.5, 0.6) is 5.75 Å². The predicted molar refractivity (Wildman–Crippen MR) is 57.6 cm³/mol. The number of rotatable bonds is 1. The lowest BCUT2D eigenvalue weighted by Crippen LogP contribution is -2.53. The highest BCUT2D eigenvalue weighted by Gasteiger charge is 2.15. The molecule has 17 heavy (non-hydrogen) atoms. The van der Waals surface area contributed by atoms with Crippen molar-refractivity contribution in [2.45, 2.75) is 6.92 Å². The molecule has 0 aliphatic carbocycles. The minimum atomic E-state index is -1.88. The van der Waals surface area contributed by atoms with Gasteiger partial charge in [-0.05, 0) is 6.92 Å². The van der Waals surface area contributed by atoms with Crippen LogP contribution in [0.4, 0.5) is 0 Å². The molecule has 0 saturated heterocycles. The van der Waals surface area contributed by atoms with E-state index < -0.39 is 43.9 Å². The maximum atomic E-state index is 11.3. The summed E-state index contributed by atoms with van der Waals surface area (Å²) in [5.41, 5.74) is -10.7. The lowest BCUT2D eigenvalue weighted by atomic mass is 10.2. The third-order valence-electron chi connectivity index (χ3n) is 2.04. The van der Waals surface area contributed by atoms with Crippen LogP contribution in [0.2, 0.25) is 0 Å². The molecular weight excluding hydrogens is 231 g/mol. The maximum Gasteiger partial charge on any atom is 0.374 e. The van der Waals surface area contributed by atoms with Gasteiger partial charge in [0, 0.05) is 5.56 Å².